The highest BCUT2D eigenvalue weighted by molar-refractivity contribution is 5.79. The van der Waals surface area contributed by atoms with Gasteiger partial charge in [-0.15, -0.1) is 0 Å². The molecule has 0 saturated carbocycles. The van der Waals surface area contributed by atoms with Crippen molar-refractivity contribution in [3.8, 4) is 0 Å². The summed E-state index contributed by atoms with van der Waals surface area (Å²) in [6, 6.07) is 3.00. The molecule has 1 aromatic rings. The molecule has 0 spiro atoms. The fourth-order valence-corrected chi connectivity index (χ4v) is 1.20. The van der Waals surface area contributed by atoms with E-state index < -0.39 is 12.0 Å². The van der Waals surface area contributed by atoms with E-state index in [1.807, 2.05) is 0 Å². The van der Waals surface area contributed by atoms with E-state index >= 15 is 0 Å². The lowest BCUT2D eigenvalue weighted by Gasteiger charge is -2.18. The zero-order valence-corrected chi connectivity index (χ0v) is 9.46. The maximum absolute atomic E-state index is 11.6. The van der Waals surface area contributed by atoms with Crippen LogP contribution in [0.25, 0.3) is 0 Å². The minimum Gasteiger partial charge on any atom is -0.480 e. The van der Waals surface area contributed by atoms with E-state index in [2.05, 4.69) is 15.5 Å². The highest BCUT2D eigenvalue weighted by Gasteiger charge is 2.14. The summed E-state index contributed by atoms with van der Waals surface area (Å²) < 4.78 is 0. The third kappa shape index (κ3) is 4.45. The molecule has 0 fully saturated rings. The van der Waals surface area contributed by atoms with Gasteiger partial charge in [0.15, 0.2) is 0 Å². The average Bonchev–Trinajstić information content (AvgIpc) is 2.34. The fourth-order valence-electron chi connectivity index (χ4n) is 1.20. The summed E-state index contributed by atoms with van der Waals surface area (Å²) in [5, 5.41) is 18.6. The van der Waals surface area contributed by atoms with Gasteiger partial charge >= 0.3 is 12.0 Å². The lowest BCUT2D eigenvalue weighted by molar-refractivity contribution is -0.137. The van der Waals surface area contributed by atoms with Crippen LogP contribution in [0.1, 0.15) is 12.6 Å². The van der Waals surface area contributed by atoms with Crippen molar-refractivity contribution in [2.24, 2.45) is 0 Å². The summed E-state index contributed by atoms with van der Waals surface area (Å²) in [5.74, 6) is -1.04. The molecule has 0 aliphatic carbocycles. The number of carboxylic acids is 1. The number of likely N-dealkylation sites (N-methyl/N-ethyl adjacent to an activating group) is 1. The molecular formula is C10H14N4O3. The Bertz CT molecular complexity index is 382. The van der Waals surface area contributed by atoms with Gasteiger partial charge in [-0.2, -0.15) is 10.2 Å². The number of urea groups is 1. The Morgan fingerprint density at radius 1 is 1.53 bits per heavy atom. The summed E-state index contributed by atoms with van der Waals surface area (Å²) in [6.45, 7) is 1.95. The maximum Gasteiger partial charge on any atom is 0.323 e. The first-order valence-corrected chi connectivity index (χ1v) is 5.14. The molecule has 0 radical (unpaired) electrons. The number of carboxylic acid groups (broad SMARTS) is 1. The molecule has 7 heteroatoms. The molecule has 0 unspecified atom stereocenters. The second kappa shape index (κ2) is 6.41. The van der Waals surface area contributed by atoms with Crippen LogP contribution >= 0.6 is 0 Å². The Balaban J connectivity index is 2.45. The highest BCUT2D eigenvalue weighted by atomic mass is 16.4. The van der Waals surface area contributed by atoms with Crippen molar-refractivity contribution in [3.63, 3.8) is 0 Å². The first-order chi connectivity index (χ1) is 8.13. The summed E-state index contributed by atoms with van der Waals surface area (Å²) in [6.07, 6.45) is 1.54. The number of aromatic nitrogens is 2. The van der Waals surface area contributed by atoms with Gasteiger partial charge < -0.3 is 15.3 Å². The van der Waals surface area contributed by atoms with Crippen LogP contribution in [0.3, 0.4) is 0 Å². The van der Waals surface area contributed by atoms with Gasteiger partial charge in [0.2, 0.25) is 0 Å². The Labute approximate surface area is 98.5 Å². The molecule has 0 atom stereocenters. The predicted molar refractivity (Wildman–Crippen MR) is 59.2 cm³/mol. The van der Waals surface area contributed by atoms with Crippen LogP contribution in [0, 0.1) is 0 Å². The number of amides is 2. The molecule has 17 heavy (non-hydrogen) atoms. The van der Waals surface area contributed by atoms with Crippen molar-refractivity contribution in [2.75, 3.05) is 13.1 Å². The quantitative estimate of drug-likeness (QED) is 0.758. The summed E-state index contributed by atoms with van der Waals surface area (Å²) in [5.41, 5.74) is 0.618. The molecule has 7 nitrogen and oxygen atoms in total. The van der Waals surface area contributed by atoms with Gasteiger partial charge in [0, 0.05) is 12.7 Å². The number of hydrogen-bond acceptors (Lipinski definition) is 4. The number of rotatable bonds is 5. The van der Waals surface area contributed by atoms with Gasteiger partial charge in [-0.05, 0) is 19.1 Å². The van der Waals surface area contributed by atoms with Gasteiger partial charge in [-0.25, -0.2) is 4.79 Å². The van der Waals surface area contributed by atoms with Crippen LogP contribution in [0.2, 0.25) is 0 Å². The molecule has 2 amide bonds. The minimum absolute atomic E-state index is 0.225. The van der Waals surface area contributed by atoms with Crippen LogP contribution in [0.4, 0.5) is 4.79 Å². The van der Waals surface area contributed by atoms with E-state index in [4.69, 9.17) is 5.11 Å². The van der Waals surface area contributed by atoms with E-state index in [9.17, 15) is 9.59 Å². The second-order valence-corrected chi connectivity index (χ2v) is 3.28. The third-order valence-corrected chi connectivity index (χ3v) is 2.04. The van der Waals surface area contributed by atoms with Crippen molar-refractivity contribution in [2.45, 2.75) is 13.5 Å². The topological polar surface area (TPSA) is 95.4 Å². The zero-order valence-electron chi connectivity index (χ0n) is 9.46. The van der Waals surface area contributed by atoms with Gasteiger partial charge in [0.1, 0.15) is 6.54 Å². The number of hydrogen-bond donors (Lipinski definition) is 2. The van der Waals surface area contributed by atoms with Crippen molar-refractivity contribution >= 4 is 12.0 Å². The number of carbonyl (C=O) groups excluding carboxylic acids is 1. The van der Waals surface area contributed by atoms with Crippen molar-refractivity contribution in [1.29, 1.82) is 0 Å². The van der Waals surface area contributed by atoms with Crippen molar-refractivity contribution < 1.29 is 14.7 Å². The largest absolute Gasteiger partial charge is 0.480 e. The van der Waals surface area contributed by atoms with Gasteiger partial charge in [0.25, 0.3) is 0 Å². The van der Waals surface area contributed by atoms with Crippen LogP contribution in [0.5, 0.6) is 0 Å². The van der Waals surface area contributed by atoms with Crippen LogP contribution in [0.15, 0.2) is 18.3 Å². The lowest BCUT2D eigenvalue weighted by atomic mass is 10.4. The van der Waals surface area contributed by atoms with Crippen LogP contribution < -0.4 is 5.32 Å². The number of carbonyl (C=O) groups is 2. The maximum atomic E-state index is 11.6. The summed E-state index contributed by atoms with van der Waals surface area (Å²) in [7, 11) is 0. The van der Waals surface area contributed by atoms with E-state index in [1.165, 1.54) is 11.1 Å². The normalized spacial score (nSPS) is 9.71. The van der Waals surface area contributed by atoms with Gasteiger partial charge in [0.05, 0.1) is 12.2 Å². The van der Waals surface area contributed by atoms with Gasteiger partial charge in [-0.1, -0.05) is 0 Å². The number of aliphatic carboxylic acids is 1. The molecule has 1 aromatic heterocycles. The summed E-state index contributed by atoms with van der Waals surface area (Å²) in [4.78, 5) is 23.3. The Morgan fingerprint density at radius 2 is 2.29 bits per heavy atom. The standard InChI is InChI=1S/C10H14N4O3/c1-2-14(7-9(15)16)10(17)11-6-8-4-3-5-12-13-8/h3-5H,2,6-7H2,1H3,(H,11,17)(H,15,16). The predicted octanol–water partition coefficient (Wildman–Crippen LogP) is 0.0927. The molecule has 0 saturated heterocycles. The second-order valence-electron chi connectivity index (χ2n) is 3.28. The highest BCUT2D eigenvalue weighted by Crippen LogP contribution is 1.93. The molecular weight excluding hydrogens is 224 g/mol. The number of nitrogens with zero attached hydrogens (tertiary/aromatic N) is 3. The fraction of sp³-hybridized carbons (Fsp3) is 0.400. The molecule has 1 heterocycles. The third-order valence-electron chi connectivity index (χ3n) is 2.04. The van der Waals surface area contributed by atoms with Gasteiger partial charge in [-0.3, -0.25) is 4.79 Å². The molecule has 0 aromatic carbocycles. The number of nitrogens with one attached hydrogen (secondary N) is 1. The molecule has 92 valence electrons. The zero-order chi connectivity index (χ0) is 12.7. The molecule has 1 rings (SSSR count). The lowest BCUT2D eigenvalue weighted by Crippen LogP contribution is -2.42. The van der Waals surface area contributed by atoms with Crippen LogP contribution in [-0.2, 0) is 11.3 Å². The average molecular weight is 238 g/mol. The molecule has 2 N–H and O–H groups in total. The van der Waals surface area contributed by atoms with Crippen molar-refractivity contribution in [1.82, 2.24) is 20.4 Å². The first-order valence-electron chi connectivity index (χ1n) is 5.14. The SMILES string of the molecule is CCN(CC(=O)O)C(=O)NCc1cccnn1. The Morgan fingerprint density at radius 3 is 2.82 bits per heavy atom. The Kier molecular flexibility index (Phi) is 4.86. The minimum atomic E-state index is -1.04. The monoisotopic (exact) mass is 238 g/mol. The Hall–Kier alpha value is -2.18. The molecule has 0 bridgehead atoms. The van der Waals surface area contributed by atoms with Crippen molar-refractivity contribution in [3.05, 3.63) is 24.0 Å². The molecule has 0 aliphatic heterocycles. The van der Waals surface area contributed by atoms with E-state index in [0.29, 0.717) is 12.2 Å². The van der Waals surface area contributed by atoms with Crippen LogP contribution in [-0.4, -0.2) is 45.3 Å². The molecule has 0 aliphatic rings. The smallest absolute Gasteiger partial charge is 0.323 e. The first kappa shape index (κ1) is 12.9. The summed E-state index contributed by atoms with van der Waals surface area (Å²) >= 11 is 0. The van der Waals surface area contributed by atoms with E-state index in [1.54, 1.807) is 19.1 Å². The van der Waals surface area contributed by atoms with E-state index in [-0.39, 0.29) is 13.1 Å². The van der Waals surface area contributed by atoms with E-state index in [0.717, 1.165) is 0 Å².